The molecule has 10 heteroatoms. The molecule has 0 spiro atoms. The number of hydrogen-bond donors (Lipinski definition) is 3. The highest BCUT2D eigenvalue weighted by Gasteiger charge is 2.21. The summed E-state index contributed by atoms with van der Waals surface area (Å²) in [6.07, 6.45) is 0.203. The molecular weight excluding hydrogens is 550 g/mol. The fourth-order valence-corrected chi connectivity index (χ4v) is 5.84. The summed E-state index contributed by atoms with van der Waals surface area (Å²) >= 11 is 1.49. The molecule has 0 bridgehead atoms. The summed E-state index contributed by atoms with van der Waals surface area (Å²) in [6, 6.07) is 23.5. The van der Waals surface area contributed by atoms with Crippen LogP contribution < -0.4 is 25.0 Å². The maximum Gasteiger partial charge on any atom is 0.180 e. The Morgan fingerprint density at radius 2 is 1.83 bits per heavy atom. The largest absolute Gasteiger partial charge is 0.497 e. The van der Waals surface area contributed by atoms with Crippen molar-refractivity contribution in [3.63, 3.8) is 0 Å². The number of Topliss-reactive ketones (excluding diaryl/α,β-unsaturated/α-hetero) is 1. The van der Waals surface area contributed by atoms with Crippen LogP contribution in [-0.4, -0.2) is 92.3 Å². The van der Waals surface area contributed by atoms with E-state index >= 15 is 0 Å². The topological polar surface area (TPSA) is 99.2 Å². The molecule has 3 aromatic carbocycles. The van der Waals surface area contributed by atoms with Crippen molar-refractivity contribution in [1.29, 1.82) is 0 Å². The number of aliphatic hydroxyl groups is 1. The quantitative estimate of drug-likeness (QED) is 0.140. The Balaban J connectivity index is 1.00. The molecule has 1 unspecified atom stereocenters. The Hall–Kier alpha value is -3.70. The second-order valence-electron chi connectivity index (χ2n) is 10.4. The molecule has 9 nitrogen and oxygen atoms in total. The third-order valence-electron chi connectivity index (χ3n) is 7.36. The number of β-amino-alcohol motifs (C(OH)–C–C–N with tert-alkyl or cyclic N) is 1. The summed E-state index contributed by atoms with van der Waals surface area (Å²) in [6.45, 7) is 5.80. The highest BCUT2D eigenvalue weighted by molar-refractivity contribution is 7.13. The lowest BCUT2D eigenvalue weighted by molar-refractivity contribution is 0.0656. The number of piperazine rings is 1. The van der Waals surface area contributed by atoms with Crippen LogP contribution in [0.5, 0.6) is 11.5 Å². The van der Waals surface area contributed by atoms with Crippen LogP contribution >= 0.6 is 11.5 Å². The van der Waals surface area contributed by atoms with E-state index in [1.54, 1.807) is 19.2 Å². The molecular formula is C32H39N5O4S. The fourth-order valence-electron chi connectivity index (χ4n) is 5.09. The van der Waals surface area contributed by atoms with Crippen molar-refractivity contribution in [3.05, 3.63) is 78.4 Å². The summed E-state index contributed by atoms with van der Waals surface area (Å²) < 4.78 is 16.9. The number of nitrogens with zero attached hydrogens (tertiary/aromatic N) is 3. The van der Waals surface area contributed by atoms with Crippen molar-refractivity contribution >= 4 is 38.9 Å². The summed E-state index contributed by atoms with van der Waals surface area (Å²) in [5.74, 6) is 2.23. The van der Waals surface area contributed by atoms with Gasteiger partial charge in [-0.2, -0.15) is 4.37 Å². The Morgan fingerprint density at radius 3 is 2.69 bits per heavy atom. The fraction of sp³-hybridized carbons (Fsp3) is 0.375. The number of aromatic nitrogens is 1. The first-order valence-corrected chi connectivity index (χ1v) is 15.2. The van der Waals surface area contributed by atoms with E-state index in [0.29, 0.717) is 24.4 Å². The average Bonchev–Trinajstić information content (AvgIpc) is 3.45. The Kier molecular flexibility index (Phi) is 10.6. The smallest absolute Gasteiger partial charge is 0.180 e. The third kappa shape index (κ3) is 7.98. The molecule has 0 saturated carbocycles. The number of nitrogens with one attached hydrogen (secondary N) is 2. The molecule has 42 heavy (non-hydrogen) atoms. The minimum absolute atomic E-state index is 0.0350. The second kappa shape index (κ2) is 15.0. The number of hydrogen-bond acceptors (Lipinski definition) is 10. The molecule has 1 aliphatic heterocycles. The summed E-state index contributed by atoms with van der Waals surface area (Å²) in [7, 11) is 1.68. The standard InChI is InChI=1S/C32H39N5O4S/c1-40-26-9-6-8-24(20-26)37-18-16-36(17-19-37)22-25(38)23-41-30-12-4-2-10-27(30)29(39)21-33-14-7-15-34-32-28-11-3-5-13-31(28)42-35-32/h2-6,8-13,20,25,33,38H,7,14-19,21-23H2,1H3,(H,34,35). The molecule has 1 fully saturated rings. The molecule has 1 saturated heterocycles. The zero-order valence-corrected chi connectivity index (χ0v) is 24.8. The van der Waals surface area contributed by atoms with E-state index < -0.39 is 6.10 Å². The first kappa shape index (κ1) is 29.8. The van der Waals surface area contributed by atoms with Gasteiger partial charge in [-0.25, -0.2) is 0 Å². The highest BCUT2D eigenvalue weighted by atomic mass is 32.1. The van der Waals surface area contributed by atoms with Crippen molar-refractivity contribution in [3.8, 4) is 11.5 Å². The van der Waals surface area contributed by atoms with Gasteiger partial charge in [0.15, 0.2) is 5.78 Å². The molecule has 4 aromatic rings. The lowest BCUT2D eigenvalue weighted by Gasteiger charge is -2.37. The van der Waals surface area contributed by atoms with Crippen molar-refractivity contribution in [2.45, 2.75) is 12.5 Å². The van der Waals surface area contributed by atoms with Crippen LogP contribution in [0.15, 0.2) is 72.8 Å². The van der Waals surface area contributed by atoms with E-state index in [-0.39, 0.29) is 18.9 Å². The number of ketones is 1. The maximum absolute atomic E-state index is 12.9. The normalized spacial score (nSPS) is 14.6. The van der Waals surface area contributed by atoms with Crippen LogP contribution in [0.1, 0.15) is 16.8 Å². The average molecular weight is 590 g/mol. The molecule has 1 aromatic heterocycles. The number of methoxy groups -OCH3 is 1. The van der Waals surface area contributed by atoms with Crippen LogP contribution in [-0.2, 0) is 0 Å². The minimum atomic E-state index is -0.656. The Labute approximate surface area is 251 Å². The van der Waals surface area contributed by atoms with E-state index in [1.807, 2.05) is 36.4 Å². The summed E-state index contributed by atoms with van der Waals surface area (Å²) in [5, 5.41) is 18.5. The molecule has 222 valence electrons. The molecule has 1 aliphatic rings. The van der Waals surface area contributed by atoms with E-state index in [9.17, 15) is 9.90 Å². The van der Waals surface area contributed by atoms with Gasteiger partial charge in [0.05, 0.1) is 23.9 Å². The van der Waals surface area contributed by atoms with Crippen LogP contribution in [0, 0.1) is 0 Å². The number of ether oxygens (including phenoxy) is 2. The Morgan fingerprint density at radius 1 is 1.02 bits per heavy atom. The van der Waals surface area contributed by atoms with E-state index in [1.165, 1.54) is 16.2 Å². The highest BCUT2D eigenvalue weighted by Crippen LogP contribution is 2.26. The number of aliphatic hydroxyl groups excluding tert-OH is 1. The number of carbonyl (C=O) groups excluding carboxylic acids is 1. The SMILES string of the molecule is COc1cccc(N2CCN(CC(O)COc3ccccc3C(=O)CNCCCNc3nsc4ccccc34)CC2)c1. The summed E-state index contributed by atoms with van der Waals surface area (Å²) in [5.41, 5.74) is 1.67. The zero-order chi connectivity index (χ0) is 29.1. The van der Waals surface area contributed by atoms with Gasteiger partial charge in [0.25, 0.3) is 0 Å². The lowest BCUT2D eigenvalue weighted by atomic mass is 10.1. The number of fused-ring (bicyclic) bond motifs is 1. The van der Waals surface area contributed by atoms with Gasteiger partial charge < -0.3 is 30.1 Å². The van der Waals surface area contributed by atoms with Gasteiger partial charge in [-0.05, 0) is 60.9 Å². The molecule has 5 rings (SSSR count). The molecule has 1 atom stereocenters. The third-order valence-corrected chi connectivity index (χ3v) is 8.19. The second-order valence-corrected chi connectivity index (χ2v) is 11.2. The monoisotopic (exact) mass is 589 g/mol. The van der Waals surface area contributed by atoms with Gasteiger partial charge in [-0.1, -0.05) is 30.3 Å². The van der Waals surface area contributed by atoms with E-state index in [4.69, 9.17) is 9.47 Å². The number of carbonyl (C=O) groups is 1. The summed E-state index contributed by atoms with van der Waals surface area (Å²) in [4.78, 5) is 17.5. The van der Waals surface area contributed by atoms with Crippen LogP contribution in [0.4, 0.5) is 11.5 Å². The van der Waals surface area contributed by atoms with Gasteiger partial charge in [0.2, 0.25) is 0 Å². The first-order valence-electron chi connectivity index (χ1n) is 14.4. The zero-order valence-electron chi connectivity index (χ0n) is 24.0. The van der Waals surface area contributed by atoms with Gasteiger partial charge >= 0.3 is 0 Å². The maximum atomic E-state index is 12.9. The molecule has 0 radical (unpaired) electrons. The van der Waals surface area contributed by atoms with Crippen LogP contribution in [0.25, 0.3) is 10.1 Å². The predicted octanol–water partition coefficient (Wildman–Crippen LogP) is 4.14. The minimum Gasteiger partial charge on any atom is -0.497 e. The van der Waals surface area contributed by atoms with Gasteiger partial charge in [0.1, 0.15) is 30.0 Å². The number of anilines is 2. The molecule has 2 heterocycles. The van der Waals surface area contributed by atoms with Crippen LogP contribution in [0.2, 0.25) is 0 Å². The number of para-hydroxylation sites is 1. The van der Waals surface area contributed by atoms with Crippen molar-refractivity contribution in [2.24, 2.45) is 0 Å². The van der Waals surface area contributed by atoms with Crippen molar-refractivity contribution < 1.29 is 19.4 Å². The molecule has 0 aliphatic carbocycles. The van der Waals surface area contributed by atoms with Crippen LogP contribution in [0.3, 0.4) is 0 Å². The van der Waals surface area contributed by atoms with Gasteiger partial charge in [0, 0.05) is 56.4 Å². The molecule has 0 amide bonds. The number of benzene rings is 3. The van der Waals surface area contributed by atoms with Gasteiger partial charge in [-0.3, -0.25) is 9.69 Å². The predicted molar refractivity (Wildman–Crippen MR) is 170 cm³/mol. The van der Waals surface area contributed by atoms with Gasteiger partial charge in [-0.15, -0.1) is 0 Å². The van der Waals surface area contributed by atoms with E-state index in [0.717, 1.165) is 61.8 Å². The lowest BCUT2D eigenvalue weighted by Crippen LogP contribution is -2.49. The first-order chi connectivity index (χ1) is 20.6. The van der Waals surface area contributed by atoms with Crippen molar-refractivity contribution in [2.75, 3.05) is 76.3 Å². The Bertz CT molecular complexity index is 1440. The molecule has 3 N–H and O–H groups in total. The number of rotatable bonds is 15. The van der Waals surface area contributed by atoms with E-state index in [2.05, 4.69) is 49.1 Å². The van der Waals surface area contributed by atoms with Crippen molar-refractivity contribution in [1.82, 2.24) is 14.6 Å².